The molecule has 1 heterocycles. The van der Waals surface area contributed by atoms with Gasteiger partial charge < -0.3 is 9.64 Å². The lowest BCUT2D eigenvalue weighted by molar-refractivity contribution is -0.138. The molecular formula is C16H22N2O2. The first-order chi connectivity index (χ1) is 9.74. The maximum Gasteiger partial charge on any atom is 0.249 e. The molecule has 0 bridgehead atoms. The summed E-state index contributed by atoms with van der Waals surface area (Å²) in [6.45, 7) is 7.35. The first-order valence-corrected chi connectivity index (χ1v) is 6.92. The van der Waals surface area contributed by atoms with Crippen molar-refractivity contribution in [3.05, 3.63) is 48.6 Å². The fraction of sp³-hybridized carbons (Fsp3) is 0.438. The Kier molecular flexibility index (Phi) is 5.32. The monoisotopic (exact) mass is 274 g/mol. The van der Waals surface area contributed by atoms with Gasteiger partial charge in [0, 0.05) is 33.3 Å². The van der Waals surface area contributed by atoms with Gasteiger partial charge in [-0.1, -0.05) is 36.4 Å². The van der Waals surface area contributed by atoms with Crippen LogP contribution in [-0.2, 0) is 16.1 Å². The van der Waals surface area contributed by atoms with Gasteiger partial charge in [-0.15, -0.1) is 6.58 Å². The molecule has 4 heteroatoms. The Morgan fingerprint density at radius 2 is 2.15 bits per heavy atom. The third-order valence-corrected chi connectivity index (χ3v) is 3.61. The van der Waals surface area contributed by atoms with Crippen LogP contribution in [0.15, 0.2) is 43.0 Å². The summed E-state index contributed by atoms with van der Waals surface area (Å²) in [5.41, 5.74) is 1.30. The second-order valence-corrected chi connectivity index (χ2v) is 5.04. The van der Waals surface area contributed by atoms with Crippen LogP contribution >= 0.6 is 0 Å². The Morgan fingerprint density at radius 1 is 1.40 bits per heavy atom. The number of piperazine rings is 1. The minimum Gasteiger partial charge on any atom is -0.375 e. The molecule has 0 N–H and O–H groups in total. The highest BCUT2D eigenvalue weighted by Crippen LogP contribution is 2.14. The predicted octanol–water partition coefficient (Wildman–Crippen LogP) is 1.53. The molecule has 0 saturated carbocycles. The van der Waals surface area contributed by atoms with Crippen LogP contribution in [0, 0.1) is 0 Å². The Hall–Kier alpha value is -1.65. The van der Waals surface area contributed by atoms with E-state index < -0.39 is 0 Å². The number of benzene rings is 1. The topological polar surface area (TPSA) is 32.8 Å². The Bertz CT molecular complexity index is 447. The first kappa shape index (κ1) is 14.8. The zero-order valence-electron chi connectivity index (χ0n) is 12.0. The van der Waals surface area contributed by atoms with Gasteiger partial charge in [0.25, 0.3) is 0 Å². The molecule has 1 fully saturated rings. The number of hydrogen-bond acceptors (Lipinski definition) is 3. The van der Waals surface area contributed by atoms with E-state index >= 15 is 0 Å². The number of methoxy groups -OCH3 is 1. The third kappa shape index (κ3) is 3.68. The highest BCUT2D eigenvalue weighted by molar-refractivity contribution is 5.78. The van der Waals surface area contributed by atoms with Gasteiger partial charge in [-0.05, 0) is 5.56 Å². The van der Waals surface area contributed by atoms with Crippen LogP contribution in [0.4, 0.5) is 0 Å². The van der Waals surface area contributed by atoms with E-state index in [1.165, 1.54) is 5.56 Å². The predicted molar refractivity (Wildman–Crippen MR) is 79.3 cm³/mol. The van der Waals surface area contributed by atoms with E-state index in [-0.39, 0.29) is 18.6 Å². The van der Waals surface area contributed by atoms with E-state index in [2.05, 4.69) is 35.7 Å². The highest BCUT2D eigenvalue weighted by Gasteiger charge is 2.28. The molecule has 2 rings (SSSR count). The number of ether oxygens (including phenoxy) is 1. The summed E-state index contributed by atoms with van der Waals surface area (Å²) >= 11 is 0. The van der Waals surface area contributed by atoms with Crippen LogP contribution in [-0.4, -0.2) is 55.1 Å². The van der Waals surface area contributed by atoms with E-state index in [1.807, 2.05) is 17.0 Å². The van der Waals surface area contributed by atoms with Gasteiger partial charge in [0.1, 0.15) is 6.61 Å². The molecule has 1 amide bonds. The summed E-state index contributed by atoms with van der Waals surface area (Å²) in [4.78, 5) is 16.2. The quantitative estimate of drug-likeness (QED) is 0.763. The minimum absolute atomic E-state index is 0.0387. The molecule has 4 nitrogen and oxygen atoms in total. The maximum absolute atomic E-state index is 12.0. The summed E-state index contributed by atoms with van der Waals surface area (Å²) < 4.78 is 4.93. The normalized spacial score (nSPS) is 19.9. The van der Waals surface area contributed by atoms with Gasteiger partial charge in [-0.3, -0.25) is 9.69 Å². The largest absolute Gasteiger partial charge is 0.375 e. The van der Waals surface area contributed by atoms with Gasteiger partial charge >= 0.3 is 0 Å². The average Bonchev–Trinajstić information content (AvgIpc) is 2.48. The van der Waals surface area contributed by atoms with Gasteiger partial charge in [0.15, 0.2) is 0 Å². The van der Waals surface area contributed by atoms with Crippen molar-refractivity contribution in [1.29, 1.82) is 0 Å². The van der Waals surface area contributed by atoms with Crippen molar-refractivity contribution in [1.82, 2.24) is 9.80 Å². The molecule has 1 aliphatic heterocycles. The van der Waals surface area contributed by atoms with E-state index in [1.54, 1.807) is 7.11 Å². The van der Waals surface area contributed by atoms with Crippen LogP contribution in [0.25, 0.3) is 0 Å². The summed E-state index contributed by atoms with van der Waals surface area (Å²) in [6, 6.07) is 10.5. The molecule has 1 saturated heterocycles. The molecule has 1 aromatic rings. The molecule has 0 aromatic heterocycles. The Morgan fingerprint density at radius 3 is 2.80 bits per heavy atom. The SMILES string of the molecule is C=CC1CN(Cc2ccccc2)CCN1C(=O)COC. The van der Waals surface area contributed by atoms with E-state index in [0.717, 1.165) is 26.2 Å². The van der Waals surface area contributed by atoms with E-state index in [0.29, 0.717) is 0 Å². The van der Waals surface area contributed by atoms with Gasteiger partial charge in [-0.2, -0.15) is 0 Å². The average molecular weight is 274 g/mol. The molecule has 1 atom stereocenters. The van der Waals surface area contributed by atoms with Crippen molar-refractivity contribution in [3.63, 3.8) is 0 Å². The second-order valence-electron chi connectivity index (χ2n) is 5.04. The number of nitrogens with zero attached hydrogens (tertiary/aromatic N) is 2. The van der Waals surface area contributed by atoms with Crippen molar-refractivity contribution in [2.75, 3.05) is 33.4 Å². The molecule has 20 heavy (non-hydrogen) atoms. The summed E-state index contributed by atoms with van der Waals surface area (Å²) in [5, 5.41) is 0. The standard InChI is InChI=1S/C16H22N2O2/c1-3-15-12-17(11-14-7-5-4-6-8-14)9-10-18(15)16(19)13-20-2/h3-8,15H,1,9-13H2,2H3. The lowest BCUT2D eigenvalue weighted by atomic mass is 10.1. The highest BCUT2D eigenvalue weighted by atomic mass is 16.5. The molecule has 0 spiro atoms. The summed E-state index contributed by atoms with van der Waals surface area (Å²) in [7, 11) is 1.55. The van der Waals surface area contributed by atoms with Crippen LogP contribution < -0.4 is 0 Å². The maximum atomic E-state index is 12.0. The fourth-order valence-corrected chi connectivity index (χ4v) is 2.57. The number of amides is 1. The molecule has 0 radical (unpaired) electrons. The van der Waals surface area contributed by atoms with Crippen LogP contribution in [0.3, 0.4) is 0 Å². The molecule has 1 aromatic carbocycles. The fourth-order valence-electron chi connectivity index (χ4n) is 2.57. The number of hydrogen-bond donors (Lipinski definition) is 0. The van der Waals surface area contributed by atoms with Gasteiger partial charge in [0.05, 0.1) is 6.04 Å². The minimum atomic E-state index is 0.0387. The van der Waals surface area contributed by atoms with Crippen LogP contribution in [0.5, 0.6) is 0 Å². The van der Waals surface area contributed by atoms with E-state index in [4.69, 9.17) is 4.74 Å². The lowest BCUT2D eigenvalue weighted by Crippen LogP contribution is -2.54. The molecule has 1 unspecified atom stereocenters. The van der Waals surface area contributed by atoms with E-state index in [9.17, 15) is 4.79 Å². The lowest BCUT2D eigenvalue weighted by Gasteiger charge is -2.40. The molecule has 1 aliphatic rings. The number of carbonyl (C=O) groups is 1. The van der Waals surface area contributed by atoms with Crippen molar-refractivity contribution in [2.24, 2.45) is 0 Å². The molecular weight excluding hydrogens is 252 g/mol. The number of carbonyl (C=O) groups excluding carboxylic acids is 1. The van der Waals surface area contributed by atoms with Crippen molar-refractivity contribution >= 4 is 5.91 Å². The number of rotatable bonds is 5. The molecule has 108 valence electrons. The van der Waals surface area contributed by atoms with Gasteiger partial charge in [-0.25, -0.2) is 0 Å². The van der Waals surface area contributed by atoms with Crippen LogP contribution in [0.2, 0.25) is 0 Å². The second kappa shape index (κ2) is 7.22. The zero-order chi connectivity index (χ0) is 14.4. The van der Waals surface area contributed by atoms with Crippen molar-refractivity contribution in [3.8, 4) is 0 Å². The Balaban J connectivity index is 1.95. The first-order valence-electron chi connectivity index (χ1n) is 6.92. The van der Waals surface area contributed by atoms with Crippen LogP contribution in [0.1, 0.15) is 5.56 Å². The van der Waals surface area contributed by atoms with Gasteiger partial charge in [0.2, 0.25) is 5.91 Å². The summed E-state index contributed by atoms with van der Waals surface area (Å²) in [6.07, 6.45) is 1.85. The summed E-state index contributed by atoms with van der Waals surface area (Å²) in [5.74, 6) is 0.0387. The Labute approximate surface area is 120 Å². The molecule has 0 aliphatic carbocycles. The third-order valence-electron chi connectivity index (χ3n) is 3.61. The smallest absolute Gasteiger partial charge is 0.249 e. The van der Waals surface area contributed by atoms with Crippen molar-refractivity contribution < 1.29 is 9.53 Å². The van der Waals surface area contributed by atoms with Crippen molar-refractivity contribution in [2.45, 2.75) is 12.6 Å². The zero-order valence-corrected chi connectivity index (χ0v) is 12.0.